The summed E-state index contributed by atoms with van der Waals surface area (Å²) in [5, 5.41) is 12.6. The molecule has 2 aliphatic carbocycles. The molecule has 2 heterocycles. The SMILES string of the molecule is COc1ccc(-c2nnc(SC(C)C(=O)NC(C)C3CC4CCC3C4)n2Cc2ccco2)cc1. The van der Waals surface area contributed by atoms with Crippen molar-refractivity contribution >= 4 is 17.7 Å². The second kappa shape index (κ2) is 9.86. The molecular weight excluding hydrogens is 448 g/mol. The Labute approximate surface area is 204 Å². The lowest BCUT2D eigenvalue weighted by Gasteiger charge is -2.29. The molecule has 8 heteroatoms. The van der Waals surface area contributed by atoms with Gasteiger partial charge < -0.3 is 14.5 Å². The maximum Gasteiger partial charge on any atom is 0.233 e. The Morgan fingerprint density at radius 2 is 2.03 bits per heavy atom. The van der Waals surface area contributed by atoms with Gasteiger partial charge in [-0.05, 0) is 87.3 Å². The highest BCUT2D eigenvalue weighted by Crippen LogP contribution is 2.49. The zero-order chi connectivity index (χ0) is 23.7. The van der Waals surface area contributed by atoms with E-state index in [4.69, 9.17) is 9.15 Å². The summed E-state index contributed by atoms with van der Waals surface area (Å²) in [5.41, 5.74) is 0.925. The van der Waals surface area contributed by atoms with Gasteiger partial charge in [0.1, 0.15) is 11.5 Å². The Balaban J connectivity index is 1.31. The number of thioether (sulfide) groups is 1. The van der Waals surface area contributed by atoms with Gasteiger partial charge in [-0.2, -0.15) is 0 Å². The van der Waals surface area contributed by atoms with Crippen LogP contribution in [0.1, 0.15) is 45.3 Å². The van der Waals surface area contributed by atoms with Gasteiger partial charge in [0.15, 0.2) is 11.0 Å². The summed E-state index contributed by atoms with van der Waals surface area (Å²) in [5.74, 6) is 4.64. The van der Waals surface area contributed by atoms with E-state index in [-0.39, 0.29) is 17.2 Å². The smallest absolute Gasteiger partial charge is 0.233 e. The number of amides is 1. The summed E-state index contributed by atoms with van der Waals surface area (Å²) < 4.78 is 12.9. The first-order valence-electron chi connectivity index (χ1n) is 12.1. The molecule has 5 atom stereocenters. The summed E-state index contributed by atoms with van der Waals surface area (Å²) in [6, 6.07) is 11.7. The minimum atomic E-state index is -0.288. The lowest BCUT2D eigenvalue weighted by molar-refractivity contribution is -0.121. The zero-order valence-electron chi connectivity index (χ0n) is 19.9. The van der Waals surface area contributed by atoms with Crippen LogP contribution in [0.15, 0.2) is 52.2 Å². The standard InChI is InChI=1S/C26H32N4O3S/c1-16(23-14-18-6-7-20(23)13-18)27-25(31)17(2)34-26-29-28-24(19-8-10-21(32-3)11-9-19)30(26)15-22-5-4-12-33-22/h4-5,8-12,16-18,20,23H,6-7,13-15H2,1-3H3,(H,27,31). The number of nitrogens with one attached hydrogen (secondary N) is 1. The fourth-order valence-electron chi connectivity index (χ4n) is 5.60. The molecule has 1 N–H and O–H groups in total. The van der Waals surface area contributed by atoms with Crippen LogP contribution in [-0.4, -0.2) is 39.1 Å². The van der Waals surface area contributed by atoms with Gasteiger partial charge in [-0.25, -0.2) is 0 Å². The summed E-state index contributed by atoms with van der Waals surface area (Å²) in [7, 11) is 1.65. The van der Waals surface area contributed by atoms with Crippen LogP contribution in [-0.2, 0) is 11.3 Å². The van der Waals surface area contributed by atoms with Gasteiger partial charge in [-0.15, -0.1) is 10.2 Å². The number of hydrogen-bond acceptors (Lipinski definition) is 6. The van der Waals surface area contributed by atoms with Gasteiger partial charge in [0, 0.05) is 11.6 Å². The third-order valence-corrected chi connectivity index (χ3v) is 8.50. The summed E-state index contributed by atoms with van der Waals surface area (Å²) in [6.45, 7) is 4.59. The number of nitrogens with zero attached hydrogens (tertiary/aromatic N) is 3. The molecule has 2 saturated carbocycles. The van der Waals surface area contributed by atoms with Gasteiger partial charge in [0.25, 0.3) is 0 Å². The quantitative estimate of drug-likeness (QED) is 0.433. The van der Waals surface area contributed by atoms with E-state index < -0.39 is 0 Å². The first-order valence-corrected chi connectivity index (χ1v) is 13.0. The summed E-state index contributed by atoms with van der Waals surface area (Å²) >= 11 is 1.43. The van der Waals surface area contributed by atoms with Crippen molar-refractivity contribution < 1.29 is 13.9 Å². The maximum absolute atomic E-state index is 13.1. The number of furan rings is 1. The van der Waals surface area contributed by atoms with Gasteiger partial charge >= 0.3 is 0 Å². The van der Waals surface area contributed by atoms with Gasteiger partial charge in [0.05, 0.1) is 25.2 Å². The normalized spacial score (nSPS) is 23.1. The number of fused-ring (bicyclic) bond motifs is 2. The molecule has 2 bridgehead atoms. The zero-order valence-corrected chi connectivity index (χ0v) is 20.8. The Bertz CT molecular complexity index is 1110. The summed E-state index contributed by atoms with van der Waals surface area (Å²) in [6.07, 6.45) is 6.96. The van der Waals surface area contributed by atoms with E-state index in [1.54, 1.807) is 13.4 Å². The van der Waals surface area contributed by atoms with E-state index in [9.17, 15) is 4.79 Å². The van der Waals surface area contributed by atoms with Crippen molar-refractivity contribution in [1.82, 2.24) is 20.1 Å². The topological polar surface area (TPSA) is 82.2 Å². The number of methoxy groups -OCH3 is 1. The number of ether oxygens (including phenoxy) is 1. The lowest BCUT2D eigenvalue weighted by Crippen LogP contribution is -2.43. The van der Waals surface area contributed by atoms with Crippen molar-refractivity contribution in [2.45, 2.75) is 62.5 Å². The molecule has 5 rings (SSSR count). The van der Waals surface area contributed by atoms with E-state index >= 15 is 0 Å². The van der Waals surface area contributed by atoms with Crippen LogP contribution in [0.25, 0.3) is 11.4 Å². The van der Waals surface area contributed by atoms with Crippen LogP contribution in [0, 0.1) is 17.8 Å². The Kier molecular flexibility index (Phi) is 6.68. The van der Waals surface area contributed by atoms with Crippen LogP contribution in [0.5, 0.6) is 5.75 Å². The fraction of sp³-hybridized carbons (Fsp3) is 0.500. The first-order chi connectivity index (χ1) is 16.5. The average molecular weight is 481 g/mol. The van der Waals surface area contributed by atoms with Gasteiger partial charge in [-0.1, -0.05) is 18.2 Å². The number of carbonyl (C=O) groups is 1. The Hall–Kier alpha value is -2.74. The largest absolute Gasteiger partial charge is 0.497 e. The summed E-state index contributed by atoms with van der Waals surface area (Å²) in [4.78, 5) is 13.1. The Morgan fingerprint density at radius 1 is 1.21 bits per heavy atom. The Morgan fingerprint density at radius 3 is 2.68 bits per heavy atom. The minimum Gasteiger partial charge on any atom is -0.497 e. The van der Waals surface area contributed by atoms with Gasteiger partial charge in [0.2, 0.25) is 5.91 Å². The van der Waals surface area contributed by atoms with E-state index in [1.165, 1.54) is 37.4 Å². The highest BCUT2D eigenvalue weighted by Gasteiger charge is 2.42. The number of benzene rings is 1. The fourth-order valence-corrected chi connectivity index (χ4v) is 6.45. The van der Waals surface area contributed by atoms with E-state index in [0.29, 0.717) is 17.6 Å². The maximum atomic E-state index is 13.1. The van der Waals surface area contributed by atoms with E-state index in [2.05, 4.69) is 22.4 Å². The van der Waals surface area contributed by atoms with Crippen molar-refractivity contribution in [2.24, 2.45) is 17.8 Å². The van der Waals surface area contributed by atoms with Crippen LogP contribution < -0.4 is 10.1 Å². The monoisotopic (exact) mass is 480 g/mol. The van der Waals surface area contributed by atoms with E-state index in [1.807, 2.05) is 47.9 Å². The predicted molar refractivity (Wildman–Crippen MR) is 132 cm³/mol. The lowest BCUT2D eigenvalue weighted by atomic mass is 9.84. The molecule has 34 heavy (non-hydrogen) atoms. The molecule has 1 amide bonds. The van der Waals surface area contributed by atoms with Crippen molar-refractivity contribution in [3.8, 4) is 17.1 Å². The highest BCUT2D eigenvalue weighted by atomic mass is 32.2. The average Bonchev–Trinajstić information content (AvgIpc) is 3.66. The molecule has 0 radical (unpaired) electrons. The van der Waals surface area contributed by atoms with Crippen LogP contribution >= 0.6 is 11.8 Å². The molecular formula is C26H32N4O3S. The number of hydrogen-bond donors (Lipinski definition) is 1. The second-order valence-corrected chi connectivity index (χ2v) is 10.9. The molecule has 0 saturated heterocycles. The molecule has 7 nitrogen and oxygen atoms in total. The second-order valence-electron chi connectivity index (χ2n) is 9.60. The molecule has 0 spiro atoms. The number of aromatic nitrogens is 3. The van der Waals surface area contributed by atoms with Crippen LogP contribution in [0.4, 0.5) is 0 Å². The first kappa shape index (κ1) is 23.0. The van der Waals surface area contributed by atoms with Gasteiger partial charge in [-0.3, -0.25) is 9.36 Å². The minimum absolute atomic E-state index is 0.0545. The number of carbonyl (C=O) groups excluding carboxylic acids is 1. The third kappa shape index (κ3) is 4.73. The predicted octanol–water partition coefficient (Wildman–Crippen LogP) is 5.02. The molecule has 0 aliphatic heterocycles. The van der Waals surface area contributed by atoms with E-state index in [0.717, 1.165) is 34.7 Å². The molecule has 2 fully saturated rings. The van der Waals surface area contributed by atoms with Crippen LogP contribution in [0.3, 0.4) is 0 Å². The molecule has 1 aromatic carbocycles. The molecule has 180 valence electrons. The highest BCUT2D eigenvalue weighted by molar-refractivity contribution is 8.00. The van der Waals surface area contributed by atoms with Crippen LogP contribution in [0.2, 0.25) is 0 Å². The van der Waals surface area contributed by atoms with Crippen molar-refractivity contribution in [2.75, 3.05) is 7.11 Å². The third-order valence-electron chi connectivity index (χ3n) is 7.42. The molecule has 2 aliphatic rings. The molecule has 3 aromatic rings. The van der Waals surface area contributed by atoms with Crippen molar-refractivity contribution in [3.63, 3.8) is 0 Å². The molecule has 2 aromatic heterocycles. The van der Waals surface area contributed by atoms with Crippen molar-refractivity contribution in [3.05, 3.63) is 48.4 Å². The number of rotatable bonds is 9. The molecule has 5 unspecified atom stereocenters. The van der Waals surface area contributed by atoms with Crippen molar-refractivity contribution in [1.29, 1.82) is 0 Å².